The molecule has 0 aliphatic carbocycles. The van der Waals surface area contributed by atoms with E-state index in [2.05, 4.69) is 78.9 Å². The molecule has 0 saturated carbocycles. The molecule has 0 radical (unpaired) electrons. The molecule has 7 rings (SSSR count). The van der Waals surface area contributed by atoms with Crippen LogP contribution in [0.4, 0.5) is 0 Å². The Morgan fingerprint density at radius 2 is 1.03 bits per heavy atom. The minimum Gasteiger partial charge on any atom is -0.456 e. The molecule has 3 nitrogen and oxygen atoms in total. The average molecular weight is 438 g/mol. The molecule has 0 fully saturated rings. The maximum absolute atomic E-state index is 9.91. The van der Waals surface area contributed by atoms with Gasteiger partial charge >= 0.3 is 7.12 Å². The highest BCUT2D eigenvalue weighted by atomic mass is 16.4. The molecule has 0 spiro atoms. The molecule has 160 valence electrons. The Morgan fingerprint density at radius 3 is 1.68 bits per heavy atom. The van der Waals surface area contributed by atoms with E-state index in [0.29, 0.717) is 11.0 Å². The van der Waals surface area contributed by atoms with E-state index in [9.17, 15) is 10.0 Å². The number of hydrogen-bond acceptors (Lipinski definition) is 3. The summed E-state index contributed by atoms with van der Waals surface area (Å²) in [5, 5.41) is 28.9. The van der Waals surface area contributed by atoms with Crippen LogP contribution < -0.4 is 5.46 Å². The predicted molar refractivity (Wildman–Crippen MR) is 141 cm³/mol. The molecule has 1 heterocycles. The van der Waals surface area contributed by atoms with Crippen LogP contribution in [-0.2, 0) is 0 Å². The van der Waals surface area contributed by atoms with Crippen LogP contribution in [0, 0.1) is 0 Å². The van der Waals surface area contributed by atoms with Crippen LogP contribution in [-0.4, -0.2) is 17.2 Å². The van der Waals surface area contributed by atoms with Crippen molar-refractivity contribution >= 4 is 66.8 Å². The molecule has 2 N–H and O–H groups in total. The molecular weight excluding hydrogens is 419 g/mol. The molecule has 7 aromatic rings. The number of benzene rings is 6. The standard InChI is InChI=1S/C30H19BO3/c32-31(33)27-10-5-11-29-30(27)26-17-19(13-15-28(26)34-29)18-12-14-24-22-8-2-1-6-20(22)21-7-3-4-9-23(21)25(24)16-18/h1-17,32-33H. The topological polar surface area (TPSA) is 53.6 Å². The van der Waals surface area contributed by atoms with Gasteiger partial charge in [-0.3, -0.25) is 0 Å². The zero-order valence-corrected chi connectivity index (χ0v) is 18.2. The molecule has 4 heteroatoms. The number of fused-ring (bicyclic) bond motifs is 9. The first-order chi connectivity index (χ1) is 16.7. The van der Waals surface area contributed by atoms with E-state index in [0.717, 1.165) is 27.5 Å². The molecule has 0 amide bonds. The smallest absolute Gasteiger partial charge is 0.456 e. The predicted octanol–water partition coefficient (Wildman–Crippen LogP) is 6.39. The van der Waals surface area contributed by atoms with E-state index in [-0.39, 0.29) is 0 Å². The van der Waals surface area contributed by atoms with Gasteiger partial charge in [-0.2, -0.15) is 0 Å². The van der Waals surface area contributed by atoms with Crippen LogP contribution in [0.15, 0.2) is 108 Å². The lowest BCUT2D eigenvalue weighted by Gasteiger charge is -2.12. The van der Waals surface area contributed by atoms with E-state index >= 15 is 0 Å². The highest BCUT2D eigenvalue weighted by molar-refractivity contribution is 6.62. The molecule has 6 aromatic carbocycles. The van der Waals surface area contributed by atoms with E-state index in [4.69, 9.17) is 4.42 Å². The van der Waals surface area contributed by atoms with E-state index in [1.165, 1.54) is 32.3 Å². The molecular formula is C30H19BO3. The number of hydrogen-bond donors (Lipinski definition) is 2. The summed E-state index contributed by atoms with van der Waals surface area (Å²) in [4.78, 5) is 0. The zero-order chi connectivity index (χ0) is 22.8. The third kappa shape index (κ3) is 2.73. The van der Waals surface area contributed by atoms with Crippen molar-refractivity contribution in [2.24, 2.45) is 0 Å². The van der Waals surface area contributed by atoms with Gasteiger partial charge in [0, 0.05) is 10.8 Å². The summed E-state index contributed by atoms with van der Waals surface area (Å²) in [5.74, 6) is 0. The van der Waals surface area contributed by atoms with Crippen molar-refractivity contribution < 1.29 is 14.5 Å². The second-order valence-electron chi connectivity index (χ2n) is 8.76. The van der Waals surface area contributed by atoms with Crippen LogP contribution in [0.3, 0.4) is 0 Å². The lowest BCUT2D eigenvalue weighted by molar-refractivity contribution is 0.426. The van der Waals surface area contributed by atoms with Crippen molar-refractivity contribution in [3.8, 4) is 11.1 Å². The molecule has 0 aliphatic heterocycles. The van der Waals surface area contributed by atoms with Crippen molar-refractivity contribution in [3.63, 3.8) is 0 Å². The normalized spacial score (nSPS) is 11.8. The first-order valence-corrected chi connectivity index (χ1v) is 11.3. The highest BCUT2D eigenvalue weighted by Crippen LogP contribution is 2.38. The monoisotopic (exact) mass is 438 g/mol. The third-order valence-corrected chi connectivity index (χ3v) is 6.88. The van der Waals surface area contributed by atoms with Gasteiger partial charge in [0.05, 0.1) is 0 Å². The Kier molecular flexibility index (Phi) is 4.10. The fourth-order valence-electron chi connectivity index (χ4n) is 5.34. The first-order valence-electron chi connectivity index (χ1n) is 11.3. The molecule has 0 atom stereocenters. The minimum atomic E-state index is -1.56. The van der Waals surface area contributed by atoms with E-state index in [1.807, 2.05) is 12.1 Å². The fraction of sp³-hybridized carbons (Fsp3) is 0. The van der Waals surface area contributed by atoms with Gasteiger partial charge in [0.15, 0.2) is 0 Å². The Bertz CT molecular complexity index is 1860. The van der Waals surface area contributed by atoms with Gasteiger partial charge in [-0.25, -0.2) is 0 Å². The summed E-state index contributed by atoms with van der Waals surface area (Å²) in [7, 11) is -1.56. The van der Waals surface area contributed by atoms with E-state index < -0.39 is 7.12 Å². The molecule has 1 aromatic heterocycles. The third-order valence-electron chi connectivity index (χ3n) is 6.88. The first kappa shape index (κ1) is 19.4. The number of rotatable bonds is 2. The summed E-state index contributed by atoms with van der Waals surface area (Å²) in [6, 6.07) is 35.2. The van der Waals surface area contributed by atoms with Gasteiger partial charge in [0.25, 0.3) is 0 Å². The molecule has 0 unspecified atom stereocenters. The second-order valence-corrected chi connectivity index (χ2v) is 8.76. The summed E-state index contributed by atoms with van der Waals surface area (Å²) in [6.07, 6.45) is 0. The van der Waals surface area contributed by atoms with Crippen LogP contribution in [0.25, 0.3) is 65.4 Å². The average Bonchev–Trinajstić information content (AvgIpc) is 3.26. The Labute approximate surface area is 195 Å². The van der Waals surface area contributed by atoms with Gasteiger partial charge in [-0.1, -0.05) is 78.9 Å². The van der Waals surface area contributed by atoms with Crippen molar-refractivity contribution in [1.29, 1.82) is 0 Å². The summed E-state index contributed by atoms with van der Waals surface area (Å²) in [5.41, 5.74) is 3.98. The largest absolute Gasteiger partial charge is 0.489 e. The summed E-state index contributed by atoms with van der Waals surface area (Å²) >= 11 is 0. The van der Waals surface area contributed by atoms with Crippen LogP contribution >= 0.6 is 0 Å². The minimum absolute atomic E-state index is 0.448. The van der Waals surface area contributed by atoms with Gasteiger partial charge in [0.1, 0.15) is 11.2 Å². The SMILES string of the molecule is OB(O)c1cccc2oc3ccc(-c4ccc5c6ccccc6c6ccccc6c5c4)cc3c12. The van der Waals surface area contributed by atoms with Crippen LogP contribution in [0.1, 0.15) is 0 Å². The second kappa shape index (κ2) is 7.19. The summed E-state index contributed by atoms with van der Waals surface area (Å²) in [6.45, 7) is 0. The Balaban J connectivity index is 1.52. The molecule has 0 saturated heterocycles. The van der Waals surface area contributed by atoms with Gasteiger partial charge in [-0.15, -0.1) is 0 Å². The van der Waals surface area contributed by atoms with Crippen molar-refractivity contribution in [3.05, 3.63) is 103 Å². The lowest BCUT2D eigenvalue weighted by Crippen LogP contribution is -2.30. The lowest BCUT2D eigenvalue weighted by atomic mass is 9.77. The van der Waals surface area contributed by atoms with Crippen molar-refractivity contribution in [1.82, 2.24) is 0 Å². The van der Waals surface area contributed by atoms with Crippen LogP contribution in [0.2, 0.25) is 0 Å². The van der Waals surface area contributed by atoms with Gasteiger partial charge < -0.3 is 14.5 Å². The molecule has 34 heavy (non-hydrogen) atoms. The van der Waals surface area contributed by atoms with E-state index in [1.54, 1.807) is 12.1 Å². The highest BCUT2D eigenvalue weighted by Gasteiger charge is 2.19. The molecule has 0 aliphatic rings. The van der Waals surface area contributed by atoms with Crippen LogP contribution in [0.5, 0.6) is 0 Å². The number of furan rings is 1. The maximum atomic E-state index is 9.91. The zero-order valence-electron chi connectivity index (χ0n) is 18.2. The Hall–Kier alpha value is -4.12. The maximum Gasteiger partial charge on any atom is 0.489 e. The molecule has 0 bridgehead atoms. The van der Waals surface area contributed by atoms with Crippen molar-refractivity contribution in [2.45, 2.75) is 0 Å². The van der Waals surface area contributed by atoms with Gasteiger partial charge in [-0.05, 0) is 73.2 Å². The van der Waals surface area contributed by atoms with Crippen molar-refractivity contribution in [2.75, 3.05) is 0 Å². The summed E-state index contributed by atoms with van der Waals surface area (Å²) < 4.78 is 5.99. The van der Waals surface area contributed by atoms with Gasteiger partial charge in [0.2, 0.25) is 0 Å². The fourth-order valence-corrected chi connectivity index (χ4v) is 5.34. The quantitative estimate of drug-likeness (QED) is 0.243. The Morgan fingerprint density at radius 1 is 0.471 bits per heavy atom.